The van der Waals surface area contributed by atoms with Crippen LogP contribution in [0.3, 0.4) is 0 Å². The van der Waals surface area contributed by atoms with Crippen LogP contribution in [-0.4, -0.2) is 24.1 Å². The third-order valence-electron chi connectivity index (χ3n) is 5.85. The van der Waals surface area contributed by atoms with Crippen LogP contribution in [0, 0.1) is 23.2 Å². The van der Waals surface area contributed by atoms with Gasteiger partial charge in [0.15, 0.2) is 0 Å². The van der Waals surface area contributed by atoms with Gasteiger partial charge in [0.2, 0.25) is 0 Å². The second kappa shape index (κ2) is 6.66. The number of esters is 2. The van der Waals surface area contributed by atoms with E-state index < -0.39 is 0 Å². The molecule has 2 aliphatic carbocycles. The van der Waals surface area contributed by atoms with Crippen LogP contribution in [-0.2, 0) is 19.1 Å². The van der Waals surface area contributed by atoms with Crippen LogP contribution in [0.25, 0.3) is 0 Å². The zero-order valence-corrected chi connectivity index (χ0v) is 15.1. The lowest BCUT2D eigenvalue weighted by molar-refractivity contribution is -0.183. The molecule has 0 aromatic carbocycles. The standard InChI is InChI=1S/C19H30O4/c1-11(2)15-9-10-19(6)16(22-13(4)20)8-7-12(3)17(19)18(15)23-14(5)21/h11,15-18H,3,7-10H2,1-2,4-6H3. The third kappa shape index (κ3) is 3.46. The Kier molecular flexibility index (Phi) is 5.22. The molecule has 2 aliphatic rings. The van der Waals surface area contributed by atoms with E-state index in [2.05, 4.69) is 27.4 Å². The van der Waals surface area contributed by atoms with Crippen molar-refractivity contribution in [3.63, 3.8) is 0 Å². The first-order chi connectivity index (χ1) is 10.7. The van der Waals surface area contributed by atoms with Gasteiger partial charge in [-0.15, -0.1) is 0 Å². The lowest BCUT2D eigenvalue weighted by Crippen LogP contribution is -2.56. The van der Waals surface area contributed by atoms with Crippen molar-refractivity contribution in [3.05, 3.63) is 12.2 Å². The SMILES string of the molecule is C=C1CCC(OC(C)=O)C2(C)CCC(C(C)C)C(OC(C)=O)C12. The zero-order chi connectivity index (χ0) is 17.4. The Hall–Kier alpha value is -1.32. The summed E-state index contributed by atoms with van der Waals surface area (Å²) in [6.45, 7) is 13.7. The Morgan fingerprint density at radius 1 is 1.17 bits per heavy atom. The normalized spacial score (nSPS) is 37.2. The van der Waals surface area contributed by atoms with Crippen molar-refractivity contribution >= 4 is 11.9 Å². The molecular weight excluding hydrogens is 292 g/mol. The van der Waals surface area contributed by atoms with E-state index in [4.69, 9.17) is 9.47 Å². The molecule has 2 fully saturated rings. The molecule has 4 heteroatoms. The highest BCUT2D eigenvalue weighted by Gasteiger charge is 2.56. The first kappa shape index (κ1) is 18.0. The Bertz CT molecular complexity index is 496. The van der Waals surface area contributed by atoms with E-state index in [9.17, 15) is 9.59 Å². The number of carbonyl (C=O) groups is 2. The molecule has 2 saturated carbocycles. The highest BCUT2D eigenvalue weighted by molar-refractivity contribution is 5.67. The Morgan fingerprint density at radius 2 is 1.78 bits per heavy atom. The third-order valence-corrected chi connectivity index (χ3v) is 5.85. The van der Waals surface area contributed by atoms with Gasteiger partial charge in [-0.2, -0.15) is 0 Å². The molecule has 0 bridgehead atoms. The maximum Gasteiger partial charge on any atom is 0.302 e. The van der Waals surface area contributed by atoms with Crippen LogP contribution in [0.5, 0.6) is 0 Å². The van der Waals surface area contributed by atoms with E-state index in [1.807, 2.05) is 0 Å². The molecule has 0 spiro atoms. The minimum Gasteiger partial charge on any atom is -0.462 e. The van der Waals surface area contributed by atoms with Crippen LogP contribution in [0.4, 0.5) is 0 Å². The van der Waals surface area contributed by atoms with Crippen molar-refractivity contribution in [2.24, 2.45) is 23.2 Å². The number of carbonyl (C=O) groups excluding carboxylic acids is 2. The summed E-state index contributed by atoms with van der Waals surface area (Å²) in [5.41, 5.74) is 0.930. The van der Waals surface area contributed by atoms with Gasteiger partial charge in [0, 0.05) is 25.2 Å². The van der Waals surface area contributed by atoms with E-state index in [1.165, 1.54) is 13.8 Å². The molecule has 0 aromatic heterocycles. The molecule has 0 N–H and O–H groups in total. The van der Waals surface area contributed by atoms with E-state index in [-0.39, 0.29) is 35.5 Å². The molecule has 23 heavy (non-hydrogen) atoms. The van der Waals surface area contributed by atoms with Gasteiger partial charge in [-0.05, 0) is 37.5 Å². The maximum absolute atomic E-state index is 11.7. The van der Waals surface area contributed by atoms with Crippen molar-refractivity contribution in [3.8, 4) is 0 Å². The maximum atomic E-state index is 11.7. The smallest absolute Gasteiger partial charge is 0.302 e. The van der Waals surface area contributed by atoms with E-state index in [1.54, 1.807) is 0 Å². The quantitative estimate of drug-likeness (QED) is 0.584. The van der Waals surface area contributed by atoms with Crippen LogP contribution in [0.1, 0.15) is 60.3 Å². The summed E-state index contributed by atoms with van der Waals surface area (Å²) >= 11 is 0. The first-order valence-corrected chi connectivity index (χ1v) is 8.69. The fraction of sp³-hybridized carbons (Fsp3) is 0.789. The number of ether oxygens (including phenoxy) is 2. The number of hydrogen-bond donors (Lipinski definition) is 0. The molecule has 0 aliphatic heterocycles. The Labute approximate surface area is 139 Å². The summed E-state index contributed by atoms with van der Waals surface area (Å²) in [4.78, 5) is 23.2. The number of rotatable bonds is 3. The predicted octanol–water partition coefficient (Wildman–Crippen LogP) is 3.89. The summed E-state index contributed by atoms with van der Waals surface area (Å²) in [7, 11) is 0. The second-order valence-electron chi connectivity index (χ2n) is 7.80. The summed E-state index contributed by atoms with van der Waals surface area (Å²) < 4.78 is 11.4. The summed E-state index contributed by atoms with van der Waals surface area (Å²) in [6.07, 6.45) is 3.28. The Morgan fingerprint density at radius 3 is 2.30 bits per heavy atom. The van der Waals surface area contributed by atoms with Gasteiger partial charge in [0.05, 0.1) is 0 Å². The topological polar surface area (TPSA) is 52.6 Å². The van der Waals surface area contributed by atoms with Gasteiger partial charge in [-0.1, -0.05) is 32.9 Å². The molecule has 0 radical (unpaired) electrons. The lowest BCUT2D eigenvalue weighted by atomic mass is 9.53. The van der Waals surface area contributed by atoms with E-state index >= 15 is 0 Å². The molecule has 0 amide bonds. The lowest BCUT2D eigenvalue weighted by Gasteiger charge is -2.55. The van der Waals surface area contributed by atoms with Gasteiger partial charge in [-0.25, -0.2) is 0 Å². The minimum atomic E-state index is -0.243. The molecule has 4 nitrogen and oxygen atoms in total. The van der Waals surface area contributed by atoms with Crippen molar-refractivity contribution in [2.45, 2.75) is 72.5 Å². The average Bonchev–Trinajstić information content (AvgIpc) is 2.40. The molecule has 5 atom stereocenters. The monoisotopic (exact) mass is 322 g/mol. The van der Waals surface area contributed by atoms with Crippen LogP contribution in [0.2, 0.25) is 0 Å². The van der Waals surface area contributed by atoms with Crippen LogP contribution >= 0.6 is 0 Å². The summed E-state index contributed by atoms with van der Waals surface area (Å²) in [5.74, 6) is 0.339. The average molecular weight is 322 g/mol. The Balaban J connectivity index is 2.38. The molecule has 5 unspecified atom stereocenters. The number of hydrogen-bond acceptors (Lipinski definition) is 4. The molecule has 2 rings (SSSR count). The summed E-state index contributed by atoms with van der Waals surface area (Å²) in [5, 5.41) is 0. The predicted molar refractivity (Wildman–Crippen MR) is 88.6 cm³/mol. The largest absolute Gasteiger partial charge is 0.462 e. The summed E-state index contributed by atoms with van der Waals surface area (Å²) in [6, 6.07) is 0. The van der Waals surface area contributed by atoms with Gasteiger partial charge >= 0.3 is 11.9 Å². The number of fused-ring (bicyclic) bond motifs is 1. The minimum absolute atomic E-state index is 0.0608. The fourth-order valence-electron chi connectivity index (χ4n) is 4.74. The van der Waals surface area contributed by atoms with Crippen molar-refractivity contribution in [2.75, 3.05) is 0 Å². The highest BCUT2D eigenvalue weighted by atomic mass is 16.6. The molecule has 0 aromatic rings. The fourth-order valence-corrected chi connectivity index (χ4v) is 4.74. The van der Waals surface area contributed by atoms with Crippen LogP contribution < -0.4 is 0 Å². The second-order valence-corrected chi connectivity index (χ2v) is 7.80. The van der Waals surface area contributed by atoms with Gasteiger partial charge in [0.25, 0.3) is 0 Å². The zero-order valence-electron chi connectivity index (χ0n) is 15.1. The van der Waals surface area contributed by atoms with Gasteiger partial charge in [-0.3, -0.25) is 9.59 Å². The highest BCUT2D eigenvalue weighted by Crippen LogP contribution is 2.56. The van der Waals surface area contributed by atoms with Crippen LogP contribution in [0.15, 0.2) is 12.2 Å². The first-order valence-electron chi connectivity index (χ1n) is 8.69. The van der Waals surface area contributed by atoms with E-state index in [0.29, 0.717) is 11.8 Å². The molecular formula is C19H30O4. The van der Waals surface area contributed by atoms with Crippen molar-refractivity contribution < 1.29 is 19.1 Å². The van der Waals surface area contributed by atoms with Gasteiger partial charge in [0.1, 0.15) is 12.2 Å². The van der Waals surface area contributed by atoms with Gasteiger partial charge < -0.3 is 9.47 Å². The molecule has 0 saturated heterocycles. The van der Waals surface area contributed by atoms with Crippen molar-refractivity contribution in [1.29, 1.82) is 0 Å². The molecule has 130 valence electrons. The van der Waals surface area contributed by atoms with E-state index in [0.717, 1.165) is 31.3 Å². The molecule has 0 heterocycles. The van der Waals surface area contributed by atoms with Crippen molar-refractivity contribution in [1.82, 2.24) is 0 Å².